The number of rotatable bonds is 6. The van der Waals surface area contributed by atoms with E-state index in [0.717, 1.165) is 0 Å². The fourth-order valence-electron chi connectivity index (χ4n) is 2.70. The molecule has 0 bridgehead atoms. The molecular weight excluding hydrogens is 378 g/mol. The number of nitrogens with zero attached hydrogens (tertiary/aromatic N) is 1. The van der Waals surface area contributed by atoms with Crippen LogP contribution in [0.5, 0.6) is 11.5 Å². The molecule has 0 saturated carbocycles. The molecule has 3 aromatic rings. The van der Waals surface area contributed by atoms with Crippen molar-refractivity contribution >= 4 is 11.6 Å². The number of hydrogen-bond acceptors (Lipinski definition) is 4. The van der Waals surface area contributed by atoms with Crippen LogP contribution in [0.15, 0.2) is 66.7 Å². The molecule has 3 rings (SSSR count). The van der Waals surface area contributed by atoms with E-state index >= 15 is 0 Å². The van der Waals surface area contributed by atoms with E-state index in [0.29, 0.717) is 33.7 Å². The number of hydrogen-bond donors (Lipinski definition) is 1. The number of halogens is 2. The number of methoxy groups -OCH3 is 1. The van der Waals surface area contributed by atoms with Gasteiger partial charge in [0.05, 0.1) is 18.7 Å². The number of amides is 1. The summed E-state index contributed by atoms with van der Waals surface area (Å²) < 4.78 is 35.3. The minimum absolute atomic E-state index is 0.0125. The van der Waals surface area contributed by atoms with Gasteiger partial charge in [0, 0.05) is 16.8 Å². The normalized spacial score (nSPS) is 10.3. The maximum absolute atomic E-state index is 12.8. The molecule has 0 saturated heterocycles. The summed E-state index contributed by atoms with van der Waals surface area (Å²) in [5, 5.41) is 11.6. The molecule has 0 radical (unpaired) electrons. The molecule has 0 aromatic heterocycles. The van der Waals surface area contributed by atoms with E-state index in [1.54, 1.807) is 30.3 Å². The second-order valence-electron chi connectivity index (χ2n) is 5.96. The van der Waals surface area contributed by atoms with Gasteiger partial charge in [-0.2, -0.15) is 14.0 Å². The third-order valence-electron chi connectivity index (χ3n) is 4.13. The quantitative estimate of drug-likeness (QED) is 0.632. The highest BCUT2D eigenvalue weighted by Crippen LogP contribution is 2.34. The first-order valence-electron chi connectivity index (χ1n) is 8.55. The first-order chi connectivity index (χ1) is 14.0. The van der Waals surface area contributed by atoms with E-state index < -0.39 is 12.5 Å². The van der Waals surface area contributed by atoms with Crippen molar-refractivity contribution < 1.29 is 23.0 Å². The Morgan fingerprint density at radius 3 is 2.31 bits per heavy atom. The Hall–Kier alpha value is -3.92. The Morgan fingerprint density at radius 2 is 1.72 bits per heavy atom. The van der Waals surface area contributed by atoms with Crippen molar-refractivity contribution in [1.82, 2.24) is 0 Å². The fourth-order valence-corrected chi connectivity index (χ4v) is 2.70. The lowest BCUT2D eigenvalue weighted by molar-refractivity contribution is -0.0494. The first kappa shape index (κ1) is 19.8. The topological polar surface area (TPSA) is 71.3 Å². The summed E-state index contributed by atoms with van der Waals surface area (Å²) in [6.45, 7) is -2.98. The van der Waals surface area contributed by atoms with E-state index in [9.17, 15) is 13.6 Å². The highest BCUT2D eigenvalue weighted by molar-refractivity contribution is 6.04. The van der Waals surface area contributed by atoms with E-state index in [4.69, 9.17) is 10.00 Å². The third kappa shape index (κ3) is 4.87. The van der Waals surface area contributed by atoms with Crippen LogP contribution in [0, 0.1) is 11.3 Å². The number of carbonyl (C=O) groups is 1. The van der Waals surface area contributed by atoms with Crippen LogP contribution in [0.2, 0.25) is 0 Å². The monoisotopic (exact) mass is 394 g/mol. The van der Waals surface area contributed by atoms with Gasteiger partial charge in [0.1, 0.15) is 11.5 Å². The molecule has 7 heteroatoms. The molecule has 3 aromatic carbocycles. The molecule has 0 spiro atoms. The maximum Gasteiger partial charge on any atom is 0.387 e. The molecule has 146 valence electrons. The number of alkyl halides is 2. The largest absolute Gasteiger partial charge is 0.497 e. The zero-order valence-corrected chi connectivity index (χ0v) is 15.4. The van der Waals surface area contributed by atoms with E-state index in [1.807, 2.05) is 6.07 Å². The standard InChI is InChI=1S/C22H16F2N2O3/c1-28-18-9-6-15(7-10-18)19-12-17(8-11-20(19)29-22(23)24)26-21(27)16-4-2-14(13-25)3-5-16/h2-12,22H,1H3,(H,26,27). The SMILES string of the molecule is COc1ccc(-c2cc(NC(=O)c3ccc(C#N)cc3)ccc2OC(F)F)cc1. The number of benzene rings is 3. The molecule has 0 heterocycles. The molecule has 1 N–H and O–H groups in total. The molecule has 0 fully saturated rings. The second-order valence-corrected chi connectivity index (χ2v) is 5.96. The minimum Gasteiger partial charge on any atom is -0.497 e. The molecule has 1 amide bonds. The number of anilines is 1. The van der Waals surface area contributed by atoms with Crippen molar-refractivity contribution in [3.8, 4) is 28.7 Å². The lowest BCUT2D eigenvalue weighted by Crippen LogP contribution is -2.12. The summed E-state index contributed by atoms with van der Waals surface area (Å²) in [6, 6.07) is 19.3. The number of carbonyl (C=O) groups excluding carboxylic acids is 1. The van der Waals surface area contributed by atoms with Gasteiger partial charge in [-0.1, -0.05) is 12.1 Å². The lowest BCUT2D eigenvalue weighted by Gasteiger charge is -2.14. The Labute approximate surface area is 166 Å². The first-order valence-corrected chi connectivity index (χ1v) is 8.55. The van der Waals surface area contributed by atoms with Crippen molar-refractivity contribution in [2.45, 2.75) is 6.61 Å². The van der Waals surface area contributed by atoms with Gasteiger partial charge in [-0.15, -0.1) is 0 Å². The summed E-state index contributed by atoms with van der Waals surface area (Å²) in [5.74, 6) is 0.217. The summed E-state index contributed by atoms with van der Waals surface area (Å²) in [5.41, 5.74) is 2.23. The zero-order chi connectivity index (χ0) is 20.8. The van der Waals surface area contributed by atoms with Gasteiger partial charge in [-0.05, 0) is 60.2 Å². The highest BCUT2D eigenvalue weighted by atomic mass is 19.3. The molecule has 29 heavy (non-hydrogen) atoms. The lowest BCUT2D eigenvalue weighted by atomic mass is 10.0. The van der Waals surface area contributed by atoms with Crippen molar-refractivity contribution in [2.24, 2.45) is 0 Å². The predicted molar refractivity (Wildman–Crippen MR) is 104 cm³/mol. The Balaban J connectivity index is 1.91. The van der Waals surface area contributed by atoms with Gasteiger partial charge in [-0.3, -0.25) is 4.79 Å². The average Bonchev–Trinajstić information content (AvgIpc) is 2.74. The van der Waals surface area contributed by atoms with Crippen LogP contribution < -0.4 is 14.8 Å². The number of nitriles is 1. The molecule has 0 aliphatic rings. The summed E-state index contributed by atoms with van der Waals surface area (Å²) >= 11 is 0. The predicted octanol–water partition coefficient (Wildman–Crippen LogP) is 5.09. The van der Waals surface area contributed by atoms with E-state index in [1.165, 1.54) is 43.5 Å². The summed E-state index contributed by atoms with van der Waals surface area (Å²) in [7, 11) is 1.53. The van der Waals surface area contributed by atoms with Gasteiger partial charge in [0.15, 0.2) is 0 Å². The summed E-state index contributed by atoms with van der Waals surface area (Å²) in [4.78, 5) is 12.4. The average molecular weight is 394 g/mol. The van der Waals surface area contributed by atoms with Crippen molar-refractivity contribution in [2.75, 3.05) is 12.4 Å². The van der Waals surface area contributed by atoms with Crippen LogP contribution in [-0.2, 0) is 0 Å². The zero-order valence-electron chi connectivity index (χ0n) is 15.4. The summed E-state index contributed by atoms with van der Waals surface area (Å²) in [6.07, 6.45) is 0. The number of ether oxygens (including phenoxy) is 2. The van der Waals surface area contributed by atoms with Crippen molar-refractivity contribution in [3.05, 3.63) is 77.9 Å². The van der Waals surface area contributed by atoms with Crippen LogP contribution in [0.4, 0.5) is 14.5 Å². The smallest absolute Gasteiger partial charge is 0.387 e. The minimum atomic E-state index is -2.98. The Morgan fingerprint density at radius 1 is 1.03 bits per heavy atom. The van der Waals surface area contributed by atoms with Gasteiger partial charge in [0.2, 0.25) is 0 Å². The van der Waals surface area contributed by atoms with Gasteiger partial charge in [-0.25, -0.2) is 0 Å². The van der Waals surface area contributed by atoms with Crippen LogP contribution in [0.3, 0.4) is 0 Å². The van der Waals surface area contributed by atoms with Crippen molar-refractivity contribution in [1.29, 1.82) is 5.26 Å². The van der Waals surface area contributed by atoms with Crippen LogP contribution in [0.25, 0.3) is 11.1 Å². The maximum atomic E-state index is 12.8. The van der Waals surface area contributed by atoms with Gasteiger partial charge < -0.3 is 14.8 Å². The van der Waals surface area contributed by atoms with Gasteiger partial charge in [0.25, 0.3) is 5.91 Å². The number of nitrogens with one attached hydrogen (secondary N) is 1. The van der Waals surface area contributed by atoms with Crippen LogP contribution in [-0.4, -0.2) is 19.6 Å². The van der Waals surface area contributed by atoms with Crippen LogP contribution in [0.1, 0.15) is 15.9 Å². The molecule has 5 nitrogen and oxygen atoms in total. The highest BCUT2D eigenvalue weighted by Gasteiger charge is 2.14. The van der Waals surface area contributed by atoms with E-state index in [2.05, 4.69) is 10.1 Å². The van der Waals surface area contributed by atoms with Gasteiger partial charge >= 0.3 is 6.61 Å². The molecule has 0 aliphatic carbocycles. The molecule has 0 atom stereocenters. The van der Waals surface area contributed by atoms with Crippen molar-refractivity contribution in [3.63, 3.8) is 0 Å². The molecular formula is C22H16F2N2O3. The Kier molecular flexibility index (Phi) is 6.05. The van der Waals surface area contributed by atoms with Crippen LogP contribution >= 0.6 is 0 Å². The van der Waals surface area contributed by atoms with E-state index in [-0.39, 0.29) is 5.75 Å². The third-order valence-corrected chi connectivity index (χ3v) is 4.13. The second kappa shape index (κ2) is 8.85. The Bertz CT molecular complexity index is 1040. The molecule has 0 unspecified atom stereocenters. The molecule has 0 aliphatic heterocycles. The fraction of sp³-hybridized carbons (Fsp3) is 0.0909.